The molecule has 0 aliphatic carbocycles. The fourth-order valence-corrected chi connectivity index (χ4v) is 2.50. The minimum atomic E-state index is 0. The molecule has 0 aromatic heterocycles. The zero-order chi connectivity index (χ0) is 12.1. The maximum Gasteiger partial charge on any atom is 1.00 e. The van der Waals surface area contributed by atoms with Crippen LogP contribution in [-0.4, -0.2) is 18.3 Å². The molecule has 1 unspecified atom stereocenters. The summed E-state index contributed by atoms with van der Waals surface area (Å²) in [4.78, 5) is 12.0. The van der Waals surface area contributed by atoms with Crippen LogP contribution < -0.4 is 23.6 Å². The Morgan fingerprint density at radius 3 is 2.71 bits per heavy atom. The largest absolute Gasteiger partial charge is 1.00 e. The van der Waals surface area contributed by atoms with Crippen LogP contribution in [0.2, 0.25) is 5.02 Å². The van der Waals surface area contributed by atoms with Crippen molar-refractivity contribution in [3.8, 4) is 5.75 Å². The normalized spacial score (nSPS) is 12.2. The summed E-state index contributed by atoms with van der Waals surface area (Å²) in [6.45, 7) is 4.11. The summed E-state index contributed by atoms with van der Waals surface area (Å²) in [6.07, 6.45) is 0.972. The third-order valence-corrected chi connectivity index (χ3v) is 3.92. The van der Waals surface area contributed by atoms with E-state index in [4.69, 9.17) is 16.3 Å². The van der Waals surface area contributed by atoms with Gasteiger partial charge in [-0.1, -0.05) is 37.9 Å². The minimum absolute atomic E-state index is 0. The van der Waals surface area contributed by atoms with Crippen molar-refractivity contribution < 1.29 is 28.4 Å². The van der Waals surface area contributed by atoms with Gasteiger partial charge in [0.15, 0.2) is 0 Å². The first kappa shape index (κ1) is 17.0. The number of hydrogen-bond acceptors (Lipinski definition) is 2. The van der Waals surface area contributed by atoms with E-state index in [-0.39, 0.29) is 24.4 Å². The molecule has 88 valence electrons. The van der Waals surface area contributed by atoms with Crippen molar-refractivity contribution in [2.75, 3.05) is 7.11 Å². The molecule has 17 heavy (non-hydrogen) atoms. The van der Waals surface area contributed by atoms with Gasteiger partial charge < -0.3 is 18.1 Å². The van der Waals surface area contributed by atoms with E-state index >= 15 is 0 Å². The maximum absolute atomic E-state index is 12.0. The first-order valence-corrected chi connectivity index (χ1v) is 6.52. The maximum atomic E-state index is 12.0. The van der Waals surface area contributed by atoms with E-state index in [1.807, 2.05) is 6.92 Å². The second-order valence-electron chi connectivity index (χ2n) is 3.51. The molecule has 0 saturated heterocycles. The van der Waals surface area contributed by atoms with E-state index in [1.54, 1.807) is 25.3 Å². The molecule has 1 aromatic rings. The Labute approximate surface area is 121 Å². The quantitative estimate of drug-likeness (QED) is 0.591. The molecule has 0 heterocycles. The van der Waals surface area contributed by atoms with Gasteiger partial charge in [-0.05, 0) is 12.1 Å². The van der Waals surface area contributed by atoms with Crippen molar-refractivity contribution >= 4 is 25.7 Å². The van der Waals surface area contributed by atoms with Crippen molar-refractivity contribution in [3.05, 3.63) is 28.8 Å². The topological polar surface area (TPSA) is 26.3 Å². The van der Waals surface area contributed by atoms with Crippen LogP contribution in [0.4, 0.5) is 0 Å². The Morgan fingerprint density at radius 2 is 2.18 bits per heavy atom. The Kier molecular flexibility index (Phi) is 8.17. The number of benzene rings is 1. The summed E-state index contributed by atoms with van der Waals surface area (Å²) in [5, 5.41) is 0.458. The summed E-state index contributed by atoms with van der Waals surface area (Å²) in [7, 11) is 2.32. The van der Waals surface area contributed by atoms with Crippen LogP contribution in [0.3, 0.4) is 0 Å². The monoisotopic (exact) mass is 264 g/mol. The summed E-state index contributed by atoms with van der Waals surface area (Å²) in [6, 6.07) is 5.24. The number of halogens is 1. The molecule has 1 aromatic carbocycles. The molecule has 0 aliphatic rings. The van der Waals surface area contributed by atoms with Gasteiger partial charge in [0.2, 0.25) is 0 Å². The van der Waals surface area contributed by atoms with Crippen LogP contribution >= 0.6 is 20.2 Å². The average Bonchev–Trinajstić information content (AvgIpc) is 2.28. The molecule has 0 fully saturated rings. The van der Waals surface area contributed by atoms with Crippen molar-refractivity contribution in [2.24, 2.45) is 0 Å². The molecule has 5 heteroatoms. The van der Waals surface area contributed by atoms with Crippen LogP contribution in [0.1, 0.15) is 30.6 Å². The van der Waals surface area contributed by atoms with Crippen molar-refractivity contribution in [3.63, 3.8) is 0 Å². The van der Waals surface area contributed by atoms with Crippen LogP contribution in [-0.2, 0) is 0 Å². The van der Waals surface area contributed by atoms with E-state index in [0.29, 0.717) is 22.0 Å². The molecule has 0 saturated carbocycles. The third-order valence-electron chi connectivity index (χ3n) is 2.34. The summed E-state index contributed by atoms with van der Waals surface area (Å²) in [5.74, 6) is 0.549. The first-order valence-electron chi connectivity index (χ1n) is 5.17. The molecule has 0 amide bonds. The van der Waals surface area contributed by atoms with E-state index in [9.17, 15) is 4.79 Å². The van der Waals surface area contributed by atoms with Crippen molar-refractivity contribution in [1.29, 1.82) is 0 Å². The Morgan fingerprint density at radius 1 is 1.53 bits per heavy atom. The Balaban J connectivity index is 0.00000256. The molecular weight excluding hydrogens is 249 g/mol. The summed E-state index contributed by atoms with van der Waals surface area (Å²) < 4.78 is 5.15. The van der Waals surface area contributed by atoms with Crippen molar-refractivity contribution in [2.45, 2.75) is 25.9 Å². The molecule has 0 aliphatic heterocycles. The molecular formula is C12H15ClLiO2P. The molecule has 0 bridgehead atoms. The predicted octanol–water partition coefficient (Wildman–Crippen LogP) is 1.24. The van der Waals surface area contributed by atoms with Gasteiger partial charge in [0.1, 0.15) is 5.75 Å². The van der Waals surface area contributed by atoms with E-state index < -0.39 is 0 Å². The number of rotatable bonds is 5. The Bertz CT molecular complexity index is 385. The molecule has 1 atom stereocenters. The fourth-order valence-electron chi connectivity index (χ4n) is 1.24. The average molecular weight is 265 g/mol. The molecule has 0 N–H and O–H groups in total. The van der Waals surface area contributed by atoms with Crippen LogP contribution in [0.5, 0.6) is 5.75 Å². The van der Waals surface area contributed by atoms with Gasteiger partial charge in [0, 0.05) is 11.1 Å². The van der Waals surface area contributed by atoms with E-state index in [2.05, 4.69) is 6.92 Å². The zero-order valence-corrected chi connectivity index (χ0v) is 12.3. The SMILES string of the molecule is CCC(C)[P-]C(=O)c1c(Cl)cccc1OC.[Li+]. The third kappa shape index (κ3) is 4.64. The number of methoxy groups -OCH3 is 1. The van der Waals surface area contributed by atoms with Gasteiger partial charge in [-0.15, -0.1) is 0 Å². The zero-order valence-electron chi connectivity index (χ0n) is 10.7. The fraction of sp³-hybridized carbons (Fsp3) is 0.417. The van der Waals surface area contributed by atoms with Gasteiger partial charge in [-0.2, -0.15) is 5.66 Å². The Hall–Kier alpha value is 0.00740. The van der Waals surface area contributed by atoms with E-state index in [0.717, 1.165) is 15.0 Å². The van der Waals surface area contributed by atoms with Gasteiger partial charge >= 0.3 is 18.9 Å². The van der Waals surface area contributed by atoms with Crippen molar-refractivity contribution in [1.82, 2.24) is 0 Å². The van der Waals surface area contributed by atoms with Gasteiger partial charge in [-0.3, -0.25) is 0 Å². The first-order chi connectivity index (χ1) is 7.60. The van der Waals surface area contributed by atoms with Crippen LogP contribution in [0, 0.1) is 0 Å². The van der Waals surface area contributed by atoms with Gasteiger partial charge in [0.25, 0.3) is 0 Å². The number of hydrogen-bond donors (Lipinski definition) is 0. The molecule has 2 nitrogen and oxygen atoms in total. The molecule has 0 spiro atoms. The predicted molar refractivity (Wildman–Crippen MR) is 69.0 cm³/mol. The minimum Gasteiger partial charge on any atom is -0.496 e. The van der Waals surface area contributed by atoms with Gasteiger partial charge in [0.05, 0.1) is 12.1 Å². The summed E-state index contributed by atoms with van der Waals surface area (Å²) in [5.41, 5.74) is 0.860. The number of carbonyl (C=O) groups excluding carboxylic acids is 1. The second-order valence-corrected chi connectivity index (χ2v) is 5.46. The summed E-state index contributed by atoms with van der Waals surface area (Å²) >= 11 is 6.02. The van der Waals surface area contributed by atoms with E-state index in [1.165, 1.54) is 0 Å². The number of carbonyl (C=O) groups is 1. The molecule has 1 rings (SSSR count). The smallest absolute Gasteiger partial charge is 0.496 e. The van der Waals surface area contributed by atoms with Crippen LogP contribution in [0.15, 0.2) is 18.2 Å². The molecule has 0 radical (unpaired) electrons. The number of ether oxygens (including phenoxy) is 1. The van der Waals surface area contributed by atoms with Gasteiger partial charge in [-0.25, -0.2) is 0 Å². The second kappa shape index (κ2) is 8.17. The standard InChI is InChI=1S/C12H15ClO2P.Li/c1-4-8(2)16-12(14)11-9(13)6-5-7-10(11)15-3;/h5-8H,4H2,1-3H3;/q-1;+1. The van der Waals surface area contributed by atoms with Crippen LogP contribution in [0.25, 0.3) is 0 Å².